The maximum atomic E-state index is 12.8. The van der Waals surface area contributed by atoms with Crippen molar-refractivity contribution in [3.8, 4) is 0 Å². The summed E-state index contributed by atoms with van der Waals surface area (Å²) >= 11 is 0. The third-order valence-corrected chi connectivity index (χ3v) is 4.92. The lowest BCUT2D eigenvalue weighted by Gasteiger charge is -2.39. The first-order chi connectivity index (χ1) is 12.4. The molecule has 10 heteroatoms. The van der Waals surface area contributed by atoms with Gasteiger partial charge in [0.25, 0.3) is 10.1 Å². The van der Waals surface area contributed by atoms with Crippen LogP contribution in [0.15, 0.2) is 25.3 Å². The Hall–Kier alpha value is -2.20. The van der Waals surface area contributed by atoms with E-state index < -0.39 is 51.4 Å². The Morgan fingerprint density at radius 3 is 1.85 bits per heavy atom. The van der Waals surface area contributed by atoms with Crippen LogP contribution in [0.25, 0.3) is 0 Å². The molecule has 0 aromatic heterocycles. The minimum Gasteiger partial charge on any atom is -0.465 e. The van der Waals surface area contributed by atoms with E-state index in [1.165, 1.54) is 13.8 Å². The molecule has 0 heterocycles. The molecule has 2 atom stereocenters. The Balaban J connectivity index is 5.54. The first-order valence-corrected chi connectivity index (χ1v) is 9.84. The maximum absolute atomic E-state index is 12.8. The van der Waals surface area contributed by atoms with E-state index in [9.17, 15) is 22.8 Å². The molecule has 2 unspecified atom stereocenters. The Kier molecular flexibility index (Phi) is 9.95. The summed E-state index contributed by atoms with van der Waals surface area (Å²) in [4.78, 5) is 35.9. The predicted molar refractivity (Wildman–Crippen MR) is 96.2 cm³/mol. The van der Waals surface area contributed by atoms with Crippen molar-refractivity contribution in [1.29, 1.82) is 0 Å². The highest BCUT2D eigenvalue weighted by atomic mass is 32.2. The SMILES string of the molecule is C=CC(=O)OC(C)C(CC)(C(=O)OCCCS(=O)(=O)O)C(C)OC(=O)C=C. The van der Waals surface area contributed by atoms with Crippen LogP contribution in [0.2, 0.25) is 0 Å². The van der Waals surface area contributed by atoms with E-state index in [0.717, 1.165) is 12.2 Å². The van der Waals surface area contributed by atoms with Crippen LogP contribution in [0.1, 0.15) is 33.6 Å². The van der Waals surface area contributed by atoms with Crippen LogP contribution in [0.5, 0.6) is 0 Å². The molecule has 0 aliphatic carbocycles. The molecule has 0 aromatic rings. The smallest absolute Gasteiger partial charge is 0.330 e. The van der Waals surface area contributed by atoms with Gasteiger partial charge in [0.15, 0.2) is 0 Å². The summed E-state index contributed by atoms with van der Waals surface area (Å²) in [6, 6.07) is 0. The summed E-state index contributed by atoms with van der Waals surface area (Å²) in [6.45, 7) is 10.8. The molecule has 0 aliphatic rings. The third kappa shape index (κ3) is 7.51. The lowest BCUT2D eigenvalue weighted by Crippen LogP contribution is -2.52. The van der Waals surface area contributed by atoms with E-state index in [0.29, 0.717) is 0 Å². The Labute approximate surface area is 159 Å². The number of esters is 3. The fourth-order valence-electron chi connectivity index (χ4n) is 2.58. The third-order valence-electron chi connectivity index (χ3n) is 4.11. The second-order valence-corrected chi connectivity index (χ2v) is 7.31. The fraction of sp³-hybridized carbons (Fsp3) is 0.588. The van der Waals surface area contributed by atoms with Gasteiger partial charge in [-0.15, -0.1) is 0 Å². The Morgan fingerprint density at radius 2 is 1.52 bits per heavy atom. The molecular formula is C17H26O9S. The second-order valence-electron chi connectivity index (χ2n) is 5.74. The van der Waals surface area contributed by atoms with Gasteiger partial charge in [-0.25, -0.2) is 9.59 Å². The summed E-state index contributed by atoms with van der Waals surface area (Å²) in [5.74, 6) is -2.97. The molecule has 0 amide bonds. The second kappa shape index (κ2) is 10.8. The van der Waals surface area contributed by atoms with Crippen molar-refractivity contribution in [3.63, 3.8) is 0 Å². The van der Waals surface area contributed by atoms with Crippen LogP contribution in [-0.2, 0) is 38.7 Å². The fourth-order valence-corrected chi connectivity index (χ4v) is 3.06. The lowest BCUT2D eigenvalue weighted by atomic mass is 9.75. The molecule has 0 fully saturated rings. The lowest BCUT2D eigenvalue weighted by molar-refractivity contribution is -0.187. The van der Waals surface area contributed by atoms with Crippen LogP contribution < -0.4 is 0 Å². The van der Waals surface area contributed by atoms with Gasteiger partial charge in [0.2, 0.25) is 0 Å². The summed E-state index contributed by atoms with van der Waals surface area (Å²) in [5.41, 5.74) is -1.55. The van der Waals surface area contributed by atoms with Crippen LogP contribution in [0.3, 0.4) is 0 Å². The van der Waals surface area contributed by atoms with E-state index in [1.54, 1.807) is 6.92 Å². The van der Waals surface area contributed by atoms with Gasteiger partial charge in [-0.2, -0.15) is 8.42 Å². The van der Waals surface area contributed by atoms with Crippen LogP contribution in [0.4, 0.5) is 0 Å². The molecule has 0 radical (unpaired) electrons. The number of carbonyl (C=O) groups is 3. The molecule has 0 aromatic carbocycles. The van der Waals surface area contributed by atoms with E-state index in [2.05, 4.69) is 13.2 Å². The zero-order valence-electron chi connectivity index (χ0n) is 15.7. The van der Waals surface area contributed by atoms with Crippen LogP contribution in [0, 0.1) is 5.41 Å². The average Bonchev–Trinajstić information content (AvgIpc) is 2.58. The molecule has 27 heavy (non-hydrogen) atoms. The van der Waals surface area contributed by atoms with Crippen molar-refractivity contribution >= 4 is 28.0 Å². The molecule has 0 rings (SSSR count). The summed E-state index contributed by atoms with van der Waals surface area (Å²) in [5, 5.41) is 0. The standard InChI is InChI=1S/C17H26O9S/c1-6-14(18)25-12(4)17(8-3,13(5)26-15(19)7-2)16(20)24-10-9-11-27(21,22)23/h6-7,12-13H,1-2,8-11H2,3-5H3,(H,21,22,23). The highest BCUT2D eigenvalue weighted by Gasteiger charge is 2.52. The molecular weight excluding hydrogens is 380 g/mol. The minimum atomic E-state index is -4.19. The first kappa shape index (κ1) is 24.8. The number of ether oxygens (including phenoxy) is 3. The molecule has 0 saturated carbocycles. The van der Waals surface area contributed by atoms with Gasteiger partial charge in [0.05, 0.1) is 12.4 Å². The summed E-state index contributed by atoms with van der Waals surface area (Å²) < 4.78 is 45.6. The van der Waals surface area contributed by atoms with Crippen molar-refractivity contribution in [3.05, 3.63) is 25.3 Å². The molecule has 0 saturated heterocycles. The number of rotatable bonds is 12. The zero-order chi connectivity index (χ0) is 21.3. The van der Waals surface area contributed by atoms with Crippen molar-refractivity contribution in [2.24, 2.45) is 5.41 Å². The van der Waals surface area contributed by atoms with Gasteiger partial charge in [-0.1, -0.05) is 20.1 Å². The van der Waals surface area contributed by atoms with Gasteiger partial charge in [0.1, 0.15) is 17.6 Å². The monoisotopic (exact) mass is 406 g/mol. The quantitative estimate of drug-likeness (QED) is 0.168. The molecule has 1 N–H and O–H groups in total. The maximum Gasteiger partial charge on any atom is 0.330 e. The highest BCUT2D eigenvalue weighted by Crippen LogP contribution is 2.36. The predicted octanol–water partition coefficient (Wildman–Crippen LogP) is 1.44. The normalized spacial score (nSPS) is 15.6. The van der Waals surface area contributed by atoms with Crippen molar-refractivity contribution in [1.82, 2.24) is 0 Å². The minimum absolute atomic E-state index is 0.0846. The Morgan fingerprint density at radius 1 is 1.07 bits per heavy atom. The van der Waals surface area contributed by atoms with E-state index in [4.69, 9.17) is 18.8 Å². The Bertz CT molecular complexity index is 638. The van der Waals surface area contributed by atoms with Gasteiger partial charge < -0.3 is 14.2 Å². The van der Waals surface area contributed by atoms with Crippen LogP contribution in [-0.4, -0.2) is 55.4 Å². The summed E-state index contributed by atoms with van der Waals surface area (Å²) in [6.07, 6.45) is -0.291. The summed E-state index contributed by atoms with van der Waals surface area (Å²) in [7, 11) is -4.19. The van der Waals surface area contributed by atoms with Crippen molar-refractivity contribution in [2.75, 3.05) is 12.4 Å². The highest BCUT2D eigenvalue weighted by molar-refractivity contribution is 7.85. The molecule has 154 valence electrons. The molecule has 0 aliphatic heterocycles. The van der Waals surface area contributed by atoms with Gasteiger partial charge in [-0.3, -0.25) is 9.35 Å². The number of carbonyl (C=O) groups excluding carboxylic acids is 3. The zero-order valence-corrected chi connectivity index (χ0v) is 16.5. The molecule has 9 nitrogen and oxygen atoms in total. The van der Waals surface area contributed by atoms with E-state index >= 15 is 0 Å². The number of hydrogen-bond acceptors (Lipinski definition) is 8. The number of hydrogen-bond donors (Lipinski definition) is 1. The average molecular weight is 406 g/mol. The van der Waals surface area contributed by atoms with Gasteiger partial charge in [0, 0.05) is 12.2 Å². The largest absolute Gasteiger partial charge is 0.465 e. The van der Waals surface area contributed by atoms with Gasteiger partial charge >= 0.3 is 17.9 Å². The van der Waals surface area contributed by atoms with E-state index in [-0.39, 0.29) is 19.4 Å². The molecule has 0 spiro atoms. The first-order valence-electron chi connectivity index (χ1n) is 8.23. The van der Waals surface area contributed by atoms with E-state index in [1.807, 2.05) is 0 Å². The molecule has 0 bridgehead atoms. The van der Waals surface area contributed by atoms with Crippen molar-refractivity contribution in [2.45, 2.75) is 45.8 Å². The van der Waals surface area contributed by atoms with Crippen molar-refractivity contribution < 1.29 is 41.6 Å². The topological polar surface area (TPSA) is 133 Å². The van der Waals surface area contributed by atoms with Gasteiger partial charge in [-0.05, 0) is 26.7 Å². The van der Waals surface area contributed by atoms with Crippen LogP contribution >= 0.6 is 0 Å².